The molecule has 0 radical (unpaired) electrons. The molecule has 0 atom stereocenters. The van der Waals surface area contributed by atoms with Gasteiger partial charge in [0, 0.05) is 3.57 Å². The van der Waals surface area contributed by atoms with E-state index >= 15 is 0 Å². The molecule has 0 aliphatic carbocycles. The van der Waals surface area contributed by atoms with E-state index in [0.29, 0.717) is 16.7 Å². The molecule has 3 nitrogen and oxygen atoms in total. The minimum Gasteiger partial charge on any atom is -0.270 e. The van der Waals surface area contributed by atoms with Crippen molar-refractivity contribution in [3.05, 3.63) is 68.5 Å². The number of rotatable bonds is 2. The van der Waals surface area contributed by atoms with Crippen molar-refractivity contribution in [3.63, 3.8) is 0 Å². The topological polar surface area (TPSA) is 37.4 Å². The molecule has 5 heteroatoms. The van der Waals surface area contributed by atoms with Crippen molar-refractivity contribution in [1.29, 1.82) is 0 Å². The van der Waals surface area contributed by atoms with E-state index < -0.39 is 0 Å². The lowest BCUT2D eigenvalue weighted by Crippen LogP contribution is -2.29. The van der Waals surface area contributed by atoms with Crippen molar-refractivity contribution < 1.29 is 14.0 Å². The van der Waals surface area contributed by atoms with Crippen LogP contribution in [0.2, 0.25) is 0 Å². The molecule has 0 spiro atoms. The van der Waals surface area contributed by atoms with Crippen LogP contribution < -0.4 is 0 Å². The van der Waals surface area contributed by atoms with E-state index in [1.165, 1.54) is 12.1 Å². The Kier molecular flexibility index (Phi) is 3.29. The maximum atomic E-state index is 13.2. The maximum absolute atomic E-state index is 13.2. The molecule has 1 aliphatic heterocycles. The van der Waals surface area contributed by atoms with Gasteiger partial charge in [-0.1, -0.05) is 18.2 Å². The van der Waals surface area contributed by atoms with Crippen LogP contribution in [-0.4, -0.2) is 16.7 Å². The van der Waals surface area contributed by atoms with Crippen molar-refractivity contribution in [2.24, 2.45) is 0 Å². The summed E-state index contributed by atoms with van der Waals surface area (Å²) in [5.41, 5.74) is 1.45. The molecule has 0 saturated carbocycles. The van der Waals surface area contributed by atoms with Crippen LogP contribution in [-0.2, 0) is 6.54 Å². The van der Waals surface area contributed by atoms with Gasteiger partial charge in [0.15, 0.2) is 0 Å². The summed E-state index contributed by atoms with van der Waals surface area (Å²) in [6.07, 6.45) is 0. The number of hydrogen-bond donors (Lipinski definition) is 0. The minimum atomic E-state index is -0.381. The number of imide groups is 1. The van der Waals surface area contributed by atoms with Crippen molar-refractivity contribution in [2.45, 2.75) is 6.54 Å². The van der Waals surface area contributed by atoms with Crippen LogP contribution in [0.5, 0.6) is 0 Å². The summed E-state index contributed by atoms with van der Waals surface area (Å²) in [7, 11) is 0. The number of fused-ring (bicyclic) bond motifs is 1. The van der Waals surface area contributed by atoms with Gasteiger partial charge in [-0.2, -0.15) is 0 Å². The molecular formula is C15H9FINO2. The lowest BCUT2D eigenvalue weighted by atomic mass is 10.1. The van der Waals surface area contributed by atoms with E-state index in [9.17, 15) is 14.0 Å². The number of benzene rings is 2. The Morgan fingerprint density at radius 2 is 1.80 bits per heavy atom. The Hall–Kier alpha value is -1.76. The SMILES string of the molecule is O=C1c2cccc(I)c2C(=O)N1Cc1cccc(F)c1. The standard InChI is InChI=1S/C15H9FINO2/c16-10-4-1-3-9(7-10)8-18-14(19)11-5-2-6-12(17)13(11)15(18)20/h1-7H,8H2. The zero-order valence-corrected chi connectivity index (χ0v) is 12.4. The Bertz CT molecular complexity index is 730. The zero-order valence-electron chi connectivity index (χ0n) is 10.3. The van der Waals surface area contributed by atoms with Gasteiger partial charge < -0.3 is 0 Å². The van der Waals surface area contributed by atoms with Crippen LogP contribution in [0, 0.1) is 9.39 Å². The average Bonchev–Trinajstić information content (AvgIpc) is 2.65. The third-order valence-electron chi connectivity index (χ3n) is 3.18. The molecule has 0 unspecified atom stereocenters. The fourth-order valence-corrected chi connectivity index (χ4v) is 2.98. The molecule has 100 valence electrons. The second-order valence-electron chi connectivity index (χ2n) is 4.49. The summed E-state index contributed by atoms with van der Waals surface area (Å²) in [5, 5.41) is 0. The van der Waals surface area contributed by atoms with Gasteiger partial charge in [-0.25, -0.2) is 4.39 Å². The molecule has 0 saturated heterocycles. The second kappa shape index (κ2) is 4.97. The highest BCUT2D eigenvalue weighted by Gasteiger charge is 2.36. The van der Waals surface area contributed by atoms with Gasteiger partial charge >= 0.3 is 0 Å². The van der Waals surface area contributed by atoms with E-state index in [-0.39, 0.29) is 24.2 Å². The van der Waals surface area contributed by atoms with Crippen molar-refractivity contribution in [1.82, 2.24) is 4.90 Å². The summed E-state index contributed by atoms with van der Waals surface area (Å²) in [6.45, 7) is 0.0835. The van der Waals surface area contributed by atoms with E-state index in [2.05, 4.69) is 0 Å². The minimum absolute atomic E-state index is 0.0835. The van der Waals surface area contributed by atoms with E-state index in [0.717, 1.165) is 8.47 Å². The monoisotopic (exact) mass is 381 g/mol. The van der Waals surface area contributed by atoms with Crippen LogP contribution in [0.3, 0.4) is 0 Å². The van der Waals surface area contributed by atoms with Crippen LogP contribution in [0.15, 0.2) is 42.5 Å². The molecule has 2 aromatic carbocycles. The van der Waals surface area contributed by atoms with E-state index in [1.54, 1.807) is 30.3 Å². The third-order valence-corrected chi connectivity index (χ3v) is 4.08. The van der Waals surface area contributed by atoms with Crippen molar-refractivity contribution >= 4 is 34.4 Å². The first-order valence-corrected chi connectivity index (χ1v) is 7.05. The van der Waals surface area contributed by atoms with Gasteiger partial charge in [0.25, 0.3) is 11.8 Å². The number of hydrogen-bond acceptors (Lipinski definition) is 2. The average molecular weight is 381 g/mol. The lowest BCUT2D eigenvalue weighted by molar-refractivity contribution is 0.0642. The molecule has 2 amide bonds. The summed E-state index contributed by atoms with van der Waals surface area (Å²) in [4.78, 5) is 25.7. The van der Waals surface area contributed by atoms with E-state index in [1.807, 2.05) is 22.6 Å². The zero-order chi connectivity index (χ0) is 14.3. The fourth-order valence-electron chi connectivity index (χ4n) is 2.25. The highest BCUT2D eigenvalue weighted by Crippen LogP contribution is 2.28. The summed E-state index contributed by atoms with van der Waals surface area (Å²) >= 11 is 2.04. The predicted molar refractivity (Wildman–Crippen MR) is 79.8 cm³/mol. The molecular weight excluding hydrogens is 372 g/mol. The fraction of sp³-hybridized carbons (Fsp3) is 0.0667. The van der Waals surface area contributed by atoms with Gasteiger partial charge in [0.1, 0.15) is 5.82 Å². The molecule has 0 bridgehead atoms. The molecule has 0 aromatic heterocycles. The Balaban J connectivity index is 1.96. The maximum Gasteiger partial charge on any atom is 0.262 e. The number of carbonyl (C=O) groups excluding carboxylic acids is 2. The third kappa shape index (κ3) is 2.11. The van der Waals surface area contributed by atoms with Gasteiger partial charge in [-0.3, -0.25) is 14.5 Å². The summed E-state index contributed by atoms with van der Waals surface area (Å²) < 4.78 is 13.9. The van der Waals surface area contributed by atoms with Crippen LogP contribution in [0.4, 0.5) is 4.39 Å². The molecule has 20 heavy (non-hydrogen) atoms. The van der Waals surface area contributed by atoms with Crippen LogP contribution in [0.1, 0.15) is 26.3 Å². The number of amides is 2. The van der Waals surface area contributed by atoms with Crippen molar-refractivity contribution in [2.75, 3.05) is 0 Å². The quantitative estimate of drug-likeness (QED) is 0.592. The second-order valence-corrected chi connectivity index (χ2v) is 5.65. The van der Waals surface area contributed by atoms with Gasteiger partial charge in [-0.05, 0) is 52.4 Å². The lowest BCUT2D eigenvalue weighted by Gasteiger charge is -2.13. The smallest absolute Gasteiger partial charge is 0.262 e. The predicted octanol–water partition coefficient (Wildman–Crippen LogP) is 3.23. The van der Waals surface area contributed by atoms with Gasteiger partial charge in [0.05, 0.1) is 17.7 Å². The molecule has 2 aromatic rings. The normalized spacial score (nSPS) is 13.8. The van der Waals surface area contributed by atoms with Gasteiger partial charge in [-0.15, -0.1) is 0 Å². The van der Waals surface area contributed by atoms with Gasteiger partial charge in [0.2, 0.25) is 0 Å². The molecule has 3 rings (SSSR count). The molecule has 1 aliphatic rings. The number of nitrogens with zero attached hydrogens (tertiary/aromatic N) is 1. The first kappa shape index (κ1) is 13.2. The first-order valence-electron chi connectivity index (χ1n) is 5.97. The Labute approximate surface area is 128 Å². The van der Waals surface area contributed by atoms with E-state index in [4.69, 9.17) is 0 Å². The Morgan fingerprint density at radius 1 is 1.05 bits per heavy atom. The van der Waals surface area contributed by atoms with Crippen LogP contribution >= 0.6 is 22.6 Å². The molecule has 0 fully saturated rings. The molecule has 1 heterocycles. The Morgan fingerprint density at radius 3 is 2.50 bits per heavy atom. The summed E-state index contributed by atoms with van der Waals surface area (Å²) in [5.74, 6) is -1.03. The molecule has 0 N–H and O–H groups in total. The summed E-state index contributed by atoms with van der Waals surface area (Å²) in [6, 6.07) is 11.1. The first-order chi connectivity index (χ1) is 9.58. The van der Waals surface area contributed by atoms with Crippen LogP contribution in [0.25, 0.3) is 0 Å². The highest BCUT2D eigenvalue weighted by molar-refractivity contribution is 14.1. The largest absolute Gasteiger partial charge is 0.270 e. The van der Waals surface area contributed by atoms with Crippen molar-refractivity contribution in [3.8, 4) is 0 Å². The number of carbonyl (C=O) groups is 2. The highest BCUT2D eigenvalue weighted by atomic mass is 127. The number of halogens is 2.